The summed E-state index contributed by atoms with van der Waals surface area (Å²) >= 11 is 0. The summed E-state index contributed by atoms with van der Waals surface area (Å²) in [6, 6.07) is 0.725. The molecule has 1 aliphatic heterocycles. The van der Waals surface area contributed by atoms with E-state index in [4.69, 9.17) is 0 Å². The summed E-state index contributed by atoms with van der Waals surface area (Å²) in [5, 5.41) is 3.01. The molecule has 1 saturated carbocycles. The number of hydrogen-bond acceptors (Lipinski definition) is 4. The van der Waals surface area contributed by atoms with Gasteiger partial charge in [0.1, 0.15) is 5.82 Å². The van der Waals surface area contributed by atoms with Crippen molar-refractivity contribution < 1.29 is 0 Å². The van der Waals surface area contributed by atoms with Crippen molar-refractivity contribution in [2.75, 3.05) is 23.8 Å². The fourth-order valence-corrected chi connectivity index (χ4v) is 3.03. The summed E-state index contributed by atoms with van der Waals surface area (Å²) < 4.78 is 0. The van der Waals surface area contributed by atoms with Gasteiger partial charge in [-0.15, -0.1) is 0 Å². The molecule has 1 aromatic rings. The molecular formula is C12H18N4. The Morgan fingerprint density at radius 2 is 2.31 bits per heavy atom. The van der Waals surface area contributed by atoms with Crippen LogP contribution in [0.15, 0.2) is 6.20 Å². The molecule has 2 aliphatic rings. The fraction of sp³-hybridized carbons (Fsp3) is 0.667. The van der Waals surface area contributed by atoms with Gasteiger partial charge in [0.15, 0.2) is 0 Å². The van der Waals surface area contributed by atoms with Crippen LogP contribution < -0.4 is 10.2 Å². The predicted molar refractivity (Wildman–Crippen MR) is 64.8 cm³/mol. The molecule has 16 heavy (non-hydrogen) atoms. The van der Waals surface area contributed by atoms with E-state index in [1.165, 1.54) is 31.4 Å². The molecule has 3 rings (SSSR count). The molecule has 4 nitrogen and oxygen atoms in total. The van der Waals surface area contributed by atoms with Gasteiger partial charge in [-0.25, -0.2) is 4.98 Å². The van der Waals surface area contributed by atoms with Crippen molar-refractivity contribution in [1.29, 1.82) is 0 Å². The quantitative estimate of drug-likeness (QED) is 0.822. The summed E-state index contributed by atoms with van der Waals surface area (Å²) in [5.74, 6) is 2.76. The second-order valence-electron chi connectivity index (χ2n) is 4.94. The van der Waals surface area contributed by atoms with E-state index in [1.54, 1.807) is 0 Å². The zero-order chi connectivity index (χ0) is 11.1. The minimum atomic E-state index is 0.725. The van der Waals surface area contributed by atoms with Crippen LogP contribution in [0.1, 0.15) is 24.8 Å². The largest absolute Gasteiger partial charge is 0.357 e. The van der Waals surface area contributed by atoms with Gasteiger partial charge in [-0.05, 0) is 32.1 Å². The second-order valence-corrected chi connectivity index (χ2v) is 4.94. The lowest BCUT2D eigenvalue weighted by molar-refractivity contribution is 0.549. The minimum absolute atomic E-state index is 0.725. The maximum Gasteiger partial charge on any atom is 0.224 e. The van der Waals surface area contributed by atoms with E-state index >= 15 is 0 Å². The van der Waals surface area contributed by atoms with Gasteiger partial charge in [0.05, 0.1) is 0 Å². The molecule has 0 spiro atoms. The van der Waals surface area contributed by atoms with Crippen LogP contribution in [-0.2, 0) is 0 Å². The molecule has 1 aliphatic carbocycles. The van der Waals surface area contributed by atoms with Crippen LogP contribution in [0.5, 0.6) is 0 Å². The number of aromatic nitrogens is 2. The highest BCUT2D eigenvalue weighted by Crippen LogP contribution is 2.40. The molecule has 86 valence electrons. The molecule has 1 saturated heterocycles. The Kier molecular flexibility index (Phi) is 2.23. The highest BCUT2D eigenvalue weighted by Gasteiger charge is 2.38. The average Bonchev–Trinajstić information content (AvgIpc) is 2.91. The molecule has 0 radical (unpaired) electrons. The highest BCUT2D eigenvalue weighted by atomic mass is 15.3. The first-order chi connectivity index (χ1) is 7.78. The predicted octanol–water partition coefficient (Wildman–Crippen LogP) is 1.82. The first-order valence-electron chi connectivity index (χ1n) is 6.06. The van der Waals surface area contributed by atoms with E-state index in [2.05, 4.69) is 27.1 Å². The number of hydrogen-bond donors (Lipinski definition) is 1. The van der Waals surface area contributed by atoms with Gasteiger partial charge in [-0.1, -0.05) is 0 Å². The van der Waals surface area contributed by atoms with Crippen LogP contribution in [-0.4, -0.2) is 29.6 Å². The first-order valence-corrected chi connectivity index (χ1v) is 6.06. The fourth-order valence-electron chi connectivity index (χ4n) is 3.03. The summed E-state index contributed by atoms with van der Waals surface area (Å²) in [5.41, 5.74) is 1.19. The molecule has 1 N–H and O–H groups in total. The third kappa shape index (κ3) is 1.44. The summed E-state index contributed by atoms with van der Waals surface area (Å²) in [6.07, 6.45) is 6.02. The van der Waals surface area contributed by atoms with Crippen LogP contribution in [0.4, 0.5) is 11.8 Å². The molecule has 4 heteroatoms. The van der Waals surface area contributed by atoms with Crippen molar-refractivity contribution in [3.8, 4) is 0 Å². The summed E-state index contributed by atoms with van der Waals surface area (Å²) in [7, 11) is 1.87. The van der Waals surface area contributed by atoms with E-state index < -0.39 is 0 Å². The zero-order valence-electron chi connectivity index (χ0n) is 9.90. The third-order valence-electron chi connectivity index (χ3n) is 3.85. The molecule has 2 fully saturated rings. The van der Waals surface area contributed by atoms with Crippen LogP contribution in [0.25, 0.3) is 0 Å². The van der Waals surface area contributed by atoms with E-state index in [-0.39, 0.29) is 0 Å². The number of aryl methyl sites for hydroxylation is 1. The zero-order valence-corrected chi connectivity index (χ0v) is 9.90. The standard InChI is InChI=1S/C12H18N4/c1-8-6-14-12(13-2)15-11(8)16-7-9-3-4-10(16)5-9/h6,9-10H,3-5,7H2,1-2H3,(H,13,14,15). The topological polar surface area (TPSA) is 41.1 Å². The molecule has 0 aromatic carbocycles. The number of anilines is 2. The Hall–Kier alpha value is -1.32. The van der Waals surface area contributed by atoms with Gasteiger partial charge in [-0.3, -0.25) is 0 Å². The first kappa shape index (κ1) is 9.87. The van der Waals surface area contributed by atoms with Crippen LogP contribution in [0.2, 0.25) is 0 Å². The van der Waals surface area contributed by atoms with Gasteiger partial charge >= 0.3 is 0 Å². The average molecular weight is 218 g/mol. The smallest absolute Gasteiger partial charge is 0.224 e. The van der Waals surface area contributed by atoms with Crippen molar-refractivity contribution in [2.45, 2.75) is 32.2 Å². The maximum atomic E-state index is 4.60. The van der Waals surface area contributed by atoms with Crippen molar-refractivity contribution in [1.82, 2.24) is 9.97 Å². The number of rotatable bonds is 2. The normalized spacial score (nSPS) is 27.5. The van der Waals surface area contributed by atoms with Crippen molar-refractivity contribution >= 4 is 11.8 Å². The monoisotopic (exact) mass is 218 g/mol. The molecule has 2 heterocycles. The lowest BCUT2D eigenvalue weighted by Crippen LogP contribution is -2.33. The highest BCUT2D eigenvalue weighted by molar-refractivity contribution is 5.51. The SMILES string of the molecule is CNc1ncc(C)c(N2CC3CCC2C3)n1. The van der Waals surface area contributed by atoms with Gasteiger partial charge in [0.25, 0.3) is 0 Å². The van der Waals surface area contributed by atoms with Crippen LogP contribution in [0, 0.1) is 12.8 Å². The molecule has 1 aromatic heterocycles. The van der Waals surface area contributed by atoms with Gasteiger partial charge < -0.3 is 10.2 Å². The van der Waals surface area contributed by atoms with E-state index in [0.29, 0.717) is 0 Å². The summed E-state index contributed by atoms with van der Waals surface area (Å²) in [6.45, 7) is 3.28. The van der Waals surface area contributed by atoms with E-state index in [9.17, 15) is 0 Å². The number of nitrogens with one attached hydrogen (secondary N) is 1. The Labute approximate surface area is 96.1 Å². The van der Waals surface area contributed by atoms with Gasteiger partial charge in [-0.2, -0.15) is 4.98 Å². The van der Waals surface area contributed by atoms with E-state index in [1.807, 2.05) is 13.2 Å². The van der Waals surface area contributed by atoms with Crippen molar-refractivity contribution in [3.63, 3.8) is 0 Å². The van der Waals surface area contributed by atoms with Crippen molar-refractivity contribution in [3.05, 3.63) is 11.8 Å². The summed E-state index contributed by atoms with van der Waals surface area (Å²) in [4.78, 5) is 11.3. The second kappa shape index (κ2) is 3.61. The van der Waals surface area contributed by atoms with Crippen molar-refractivity contribution in [2.24, 2.45) is 5.92 Å². The Morgan fingerprint density at radius 1 is 1.44 bits per heavy atom. The number of fused-ring (bicyclic) bond motifs is 2. The molecular weight excluding hydrogens is 200 g/mol. The Bertz CT molecular complexity index is 404. The maximum absolute atomic E-state index is 4.60. The molecule has 2 atom stereocenters. The van der Waals surface area contributed by atoms with E-state index in [0.717, 1.165) is 23.7 Å². The van der Waals surface area contributed by atoms with Gasteiger partial charge in [0, 0.05) is 31.4 Å². The number of piperidine rings is 1. The van der Waals surface area contributed by atoms with Crippen LogP contribution in [0.3, 0.4) is 0 Å². The van der Waals surface area contributed by atoms with Crippen LogP contribution >= 0.6 is 0 Å². The lowest BCUT2D eigenvalue weighted by Gasteiger charge is -2.29. The molecule has 0 amide bonds. The number of nitrogens with zero attached hydrogens (tertiary/aromatic N) is 3. The minimum Gasteiger partial charge on any atom is -0.357 e. The Morgan fingerprint density at radius 3 is 2.94 bits per heavy atom. The van der Waals surface area contributed by atoms with Gasteiger partial charge in [0.2, 0.25) is 5.95 Å². The third-order valence-corrected chi connectivity index (χ3v) is 3.85. The Balaban J connectivity index is 1.93. The lowest BCUT2D eigenvalue weighted by atomic mass is 10.1. The molecule has 2 unspecified atom stereocenters. The molecule has 2 bridgehead atoms.